The number of nitrogens with zero attached hydrogens (tertiary/aromatic N) is 2. The van der Waals surface area contributed by atoms with E-state index >= 15 is 0 Å². The molecule has 2 aromatic rings. The number of halogens is 2. The molecule has 1 aromatic carbocycles. The molecule has 5 heteroatoms. The molecule has 0 spiro atoms. The Morgan fingerprint density at radius 3 is 2.78 bits per heavy atom. The highest BCUT2D eigenvalue weighted by atomic mass is 35.5. The van der Waals surface area contributed by atoms with Gasteiger partial charge < -0.3 is 4.57 Å². The summed E-state index contributed by atoms with van der Waals surface area (Å²) in [6, 6.07) is 6.02. The lowest BCUT2D eigenvalue weighted by molar-refractivity contribution is 0.693. The molecular formula is C13H12Cl2N2S. The second kappa shape index (κ2) is 4.72. The fraction of sp³-hybridized carbons (Fsp3) is 0.308. The van der Waals surface area contributed by atoms with Crippen LogP contribution in [-0.4, -0.2) is 4.57 Å². The molecule has 0 saturated heterocycles. The predicted octanol–water partition coefficient (Wildman–Crippen LogP) is 4.73. The highest BCUT2D eigenvalue weighted by molar-refractivity contribution is 7.07. The van der Waals surface area contributed by atoms with Crippen molar-refractivity contribution < 1.29 is 0 Å². The first-order chi connectivity index (χ1) is 8.65. The Bertz CT molecular complexity index is 653. The van der Waals surface area contributed by atoms with Crippen molar-refractivity contribution in [2.45, 2.75) is 25.8 Å². The Balaban J connectivity index is 2.11. The molecule has 94 valence electrons. The molecule has 1 aromatic heterocycles. The zero-order chi connectivity index (χ0) is 12.7. The molecule has 3 rings (SSSR count). The van der Waals surface area contributed by atoms with Gasteiger partial charge in [0.15, 0.2) is 4.80 Å². The van der Waals surface area contributed by atoms with Gasteiger partial charge in [0.2, 0.25) is 0 Å². The van der Waals surface area contributed by atoms with E-state index in [1.807, 2.05) is 12.1 Å². The maximum Gasteiger partial charge on any atom is 0.190 e. The van der Waals surface area contributed by atoms with Crippen molar-refractivity contribution in [1.29, 1.82) is 0 Å². The van der Waals surface area contributed by atoms with Crippen molar-refractivity contribution >= 4 is 40.2 Å². The molecule has 1 aliphatic carbocycles. The highest BCUT2D eigenvalue weighted by Gasteiger charge is 2.25. The van der Waals surface area contributed by atoms with Crippen LogP contribution < -0.4 is 4.80 Å². The van der Waals surface area contributed by atoms with E-state index in [-0.39, 0.29) is 0 Å². The molecule has 0 aliphatic heterocycles. The summed E-state index contributed by atoms with van der Waals surface area (Å²) >= 11 is 13.7. The lowest BCUT2D eigenvalue weighted by Gasteiger charge is -2.03. The van der Waals surface area contributed by atoms with E-state index in [1.54, 1.807) is 17.4 Å². The molecule has 0 N–H and O–H groups in total. The molecule has 0 unspecified atom stereocenters. The Morgan fingerprint density at radius 2 is 2.11 bits per heavy atom. The van der Waals surface area contributed by atoms with E-state index in [0.717, 1.165) is 10.5 Å². The Labute approximate surface area is 120 Å². The average molecular weight is 299 g/mol. The van der Waals surface area contributed by atoms with Crippen molar-refractivity contribution in [2.24, 2.45) is 4.99 Å². The van der Waals surface area contributed by atoms with Crippen LogP contribution in [0.2, 0.25) is 10.0 Å². The highest BCUT2D eigenvalue weighted by Crippen LogP contribution is 2.35. The van der Waals surface area contributed by atoms with Crippen LogP contribution in [0.5, 0.6) is 0 Å². The zero-order valence-electron chi connectivity index (χ0n) is 9.86. The molecule has 0 bridgehead atoms. The van der Waals surface area contributed by atoms with E-state index in [4.69, 9.17) is 23.2 Å². The summed E-state index contributed by atoms with van der Waals surface area (Å²) in [6.07, 6.45) is 2.50. The fourth-order valence-electron chi connectivity index (χ4n) is 1.93. The van der Waals surface area contributed by atoms with Gasteiger partial charge in [0, 0.05) is 22.1 Å². The van der Waals surface area contributed by atoms with Crippen LogP contribution in [0, 0.1) is 6.92 Å². The summed E-state index contributed by atoms with van der Waals surface area (Å²) in [6.45, 7) is 2.12. The first-order valence-electron chi connectivity index (χ1n) is 5.81. The van der Waals surface area contributed by atoms with Crippen LogP contribution in [-0.2, 0) is 0 Å². The van der Waals surface area contributed by atoms with Crippen molar-refractivity contribution in [3.8, 4) is 0 Å². The van der Waals surface area contributed by atoms with Crippen LogP contribution in [0.15, 0.2) is 28.6 Å². The second-order valence-electron chi connectivity index (χ2n) is 4.47. The molecule has 0 radical (unpaired) electrons. The molecule has 0 amide bonds. The third-order valence-electron chi connectivity index (χ3n) is 2.96. The number of rotatable bonds is 2. The first-order valence-corrected chi connectivity index (χ1v) is 7.45. The smallest absolute Gasteiger partial charge is 0.190 e. The van der Waals surface area contributed by atoms with Crippen LogP contribution in [0.3, 0.4) is 0 Å². The normalized spacial score (nSPS) is 16.3. The first kappa shape index (κ1) is 12.3. The summed E-state index contributed by atoms with van der Waals surface area (Å²) in [5.74, 6) is 0. The van der Waals surface area contributed by atoms with Crippen LogP contribution >= 0.6 is 34.5 Å². The number of hydrogen-bond donors (Lipinski definition) is 0. The van der Waals surface area contributed by atoms with Crippen molar-refractivity contribution in [2.75, 3.05) is 0 Å². The van der Waals surface area contributed by atoms with Gasteiger partial charge in [-0.05, 0) is 38.0 Å². The molecule has 1 heterocycles. The topological polar surface area (TPSA) is 17.3 Å². The van der Waals surface area contributed by atoms with Gasteiger partial charge in [-0.3, -0.25) is 0 Å². The summed E-state index contributed by atoms with van der Waals surface area (Å²) in [4.78, 5) is 5.67. The number of thiazole rings is 1. The van der Waals surface area contributed by atoms with Crippen molar-refractivity contribution in [3.63, 3.8) is 0 Å². The number of aryl methyl sites for hydroxylation is 1. The Kier molecular flexibility index (Phi) is 3.22. The molecule has 18 heavy (non-hydrogen) atoms. The van der Waals surface area contributed by atoms with Gasteiger partial charge in [0.25, 0.3) is 0 Å². The zero-order valence-corrected chi connectivity index (χ0v) is 12.2. The molecule has 1 fully saturated rings. The summed E-state index contributed by atoms with van der Waals surface area (Å²) < 4.78 is 2.30. The van der Waals surface area contributed by atoms with Crippen LogP contribution in [0.4, 0.5) is 5.69 Å². The van der Waals surface area contributed by atoms with E-state index in [1.165, 1.54) is 18.5 Å². The van der Waals surface area contributed by atoms with Gasteiger partial charge in [-0.15, -0.1) is 11.3 Å². The summed E-state index contributed by atoms with van der Waals surface area (Å²) in [5.41, 5.74) is 2.05. The average Bonchev–Trinajstić information content (AvgIpc) is 3.08. The number of hydrogen-bond acceptors (Lipinski definition) is 2. The Hall–Kier alpha value is -0.770. The third kappa shape index (κ3) is 2.35. The number of benzene rings is 1. The number of aromatic nitrogens is 1. The van der Waals surface area contributed by atoms with Gasteiger partial charge in [-0.25, -0.2) is 4.99 Å². The van der Waals surface area contributed by atoms with Crippen molar-refractivity contribution in [1.82, 2.24) is 4.57 Å². The second-order valence-corrected chi connectivity index (χ2v) is 6.15. The van der Waals surface area contributed by atoms with Gasteiger partial charge in [0.05, 0.1) is 10.7 Å². The third-order valence-corrected chi connectivity index (χ3v) is 4.45. The minimum absolute atomic E-state index is 0.593. The molecule has 0 atom stereocenters. The van der Waals surface area contributed by atoms with E-state index < -0.39 is 0 Å². The maximum absolute atomic E-state index is 6.15. The van der Waals surface area contributed by atoms with Crippen LogP contribution in [0.1, 0.15) is 24.6 Å². The van der Waals surface area contributed by atoms with Gasteiger partial charge in [-0.2, -0.15) is 0 Å². The minimum Gasteiger partial charge on any atom is -0.318 e. The minimum atomic E-state index is 0.593. The van der Waals surface area contributed by atoms with E-state index in [9.17, 15) is 0 Å². The van der Waals surface area contributed by atoms with Crippen LogP contribution in [0.25, 0.3) is 0 Å². The van der Waals surface area contributed by atoms with E-state index in [2.05, 4.69) is 21.9 Å². The molecule has 1 aliphatic rings. The van der Waals surface area contributed by atoms with Gasteiger partial charge in [0.1, 0.15) is 0 Å². The monoisotopic (exact) mass is 298 g/mol. The standard InChI is InChI=1S/C13H12Cl2N2S/c1-8-7-18-13(17(8)10-3-4-10)16-12-5-2-9(14)6-11(12)15/h2,5-7,10H,3-4H2,1H3. The lowest BCUT2D eigenvalue weighted by Crippen LogP contribution is -2.14. The molecule has 2 nitrogen and oxygen atoms in total. The largest absolute Gasteiger partial charge is 0.318 e. The molecular weight excluding hydrogens is 287 g/mol. The summed E-state index contributed by atoms with van der Waals surface area (Å²) in [5, 5.41) is 3.37. The molecule has 1 saturated carbocycles. The van der Waals surface area contributed by atoms with Crippen molar-refractivity contribution in [3.05, 3.63) is 44.1 Å². The van der Waals surface area contributed by atoms with Gasteiger partial charge in [-0.1, -0.05) is 23.2 Å². The quantitative estimate of drug-likeness (QED) is 0.762. The Morgan fingerprint density at radius 1 is 1.33 bits per heavy atom. The predicted molar refractivity (Wildman–Crippen MR) is 77.0 cm³/mol. The SMILES string of the molecule is Cc1csc(=Nc2ccc(Cl)cc2Cl)n1C1CC1. The fourth-order valence-corrected chi connectivity index (χ4v) is 3.33. The summed E-state index contributed by atoms with van der Waals surface area (Å²) in [7, 11) is 0. The maximum atomic E-state index is 6.15. The van der Waals surface area contributed by atoms with E-state index in [0.29, 0.717) is 16.1 Å². The van der Waals surface area contributed by atoms with Gasteiger partial charge >= 0.3 is 0 Å². The lowest BCUT2D eigenvalue weighted by atomic mass is 10.3.